The van der Waals surface area contributed by atoms with Gasteiger partial charge in [0.1, 0.15) is 0 Å². The van der Waals surface area contributed by atoms with E-state index in [2.05, 4.69) is 5.32 Å². The molecule has 4 unspecified atom stereocenters. The molecule has 1 heterocycles. The Morgan fingerprint density at radius 2 is 1.90 bits per heavy atom. The highest BCUT2D eigenvalue weighted by molar-refractivity contribution is 5.84. The Morgan fingerprint density at radius 1 is 1.24 bits per heavy atom. The second-order valence-electron chi connectivity index (χ2n) is 6.79. The number of fused-ring (bicyclic) bond motifs is 2. The SMILES string of the molecule is NCC1(C(=O)NC2C3CCC(C3)C2C(=O)O)CCOCC1. The topological polar surface area (TPSA) is 102 Å². The van der Waals surface area contributed by atoms with Crippen molar-refractivity contribution >= 4 is 11.9 Å². The number of nitrogens with two attached hydrogens (primary N) is 1. The third-order valence-electron chi connectivity index (χ3n) is 5.82. The molecule has 0 radical (unpaired) electrons. The number of hydrogen-bond donors (Lipinski definition) is 3. The fraction of sp³-hybridized carbons (Fsp3) is 0.867. The molecule has 3 aliphatic rings. The maximum Gasteiger partial charge on any atom is 0.308 e. The molecule has 118 valence electrons. The van der Waals surface area contributed by atoms with Crippen LogP contribution in [0.2, 0.25) is 0 Å². The standard InChI is InChI=1S/C15H24N2O4/c16-8-15(3-5-21-6-4-15)14(20)17-12-10-2-1-9(7-10)11(12)13(18)19/h9-12H,1-8,16H2,(H,17,20)(H,18,19). The lowest BCUT2D eigenvalue weighted by Gasteiger charge is -2.37. The maximum atomic E-state index is 12.7. The predicted molar refractivity (Wildman–Crippen MR) is 75.4 cm³/mol. The van der Waals surface area contributed by atoms with E-state index in [1.807, 2.05) is 0 Å². The number of amides is 1. The Morgan fingerprint density at radius 3 is 2.52 bits per heavy atom. The van der Waals surface area contributed by atoms with Crippen LogP contribution >= 0.6 is 0 Å². The molecule has 0 aromatic heterocycles. The van der Waals surface area contributed by atoms with Crippen LogP contribution in [0.1, 0.15) is 32.1 Å². The van der Waals surface area contributed by atoms with E-state index in [1.165, 1.54) is 0 Å². The number of carboxylic acids is 1. The molecule has 0 aromatic rings. The first-order valence-corrected chi connectivity index (χ1v) is 7.89. The Kier molecular flexibility index (Phi) is 3.92. The van der Waals surface area contributed by atoms with Gasteiger partial charge in [0.05, 0.1) is 11.3 Å². The lowest BCUT2D eigenvalue weighted by molar-refractivity contribution is -0.146. The number of carbonyl (C=O) groups is 2. The Balaban J connectivity index is 1.72. The third kappa shape index (κ3) is 2.44. The van der Waals surface area contributed by atoms with Gasteiger partial charge in [0.15, 0.2) is 0 Å². The molecule has 0 spiro atoms. The molecule has 4 N–H and O–H groups in total. The molecule has 3 fully saturated rings. The number of rotatable bonds is 4. The summed E-state index contributed by atoms with van der Waals surface area (Å²) in [5.41, 5.74) is 5.27. The van der Waals surface area contributed by atoms with Gasteiger partial charge in [-0.15, -0.1) is 0 Å². The Hall–Kier alpha value is -1.14. The van der Waals surface area contributed by atoms with Crippen LogP contribution in [-0.4, -0.2) is 42.8 Å². The number of carboxylic acid groups (broad SMARTS) is 1. The Bertz CT molecular complexity index is 433. The molecule has 0 aromatic carbocycles. The minimum absolute atomic E-state index is 0.0721. The summed E-state index contributed by atoms with van der Waals surface area (Å²) in [6.07, 6.45) is 4.17. The van der Waals surface area contributed by atoms with Gasteiger partial charge in [-0.25, -0.2) is 0 Å². The van der Waals surface area contributed by atoms with Crippen molar-refractivity contribution in [2.24, 2.45) is 28.9 Å². The number of carbonyl (C=O) groups excluding carboxylic acids is 1. The fourth-order valence-corrected chi connectivity index (χ4v) is 4.44. The summed E-state index contributed by atoms with van der Waals surface area (Å²) in [5, 5.41) is 12.5. The molecule has 1 saturated heterocycles. The van der Waals surface area contributed by atoms with Gasteiger partial charge in [0.25, 0.3) is 0 Å². The van der Waals surface area contributed by atoms with E-state index in [-0.39, 0.29) is 17.9 Å². The van der Waals surface area contributed by atoms with Crippen LogP contribution in [0, 0.1) is 23.2 Å². The van der Waals surface area contributed by atoms with Crippen molar-refractivity contribution < 1.29 is 19.4 Å². The second kappa shape index (κ2) is 5.57. The van der Waals surface area contributed by atoms with E-state index in [1.54, 1.807) is 0 Å². The molecule has 2 saturated carbocycles. The molecule has 6 nitrogen and oxygen atoms in total. The summed E-state index contributed by atoms with van der Waals surface area (Å²) in [5.74, 6) is -0.739. The van der Waals surface area contributed by atoms with Crippen LogP contribution in [0.4, 0.5) is 0 Å². The van der Waals surface area contributed by atoms with Gasteiger partial charge in [-0.05, 0) is 43.9 Å². The van der Waals surface area contributed by atoms with Crippen molar-refractivity contribution in [2.75, 3.05) is 19.8 Å². The molecule has 1 amide bonds. The molecular formula is C15H24N2O4. The molecule has 4 atom stereocenters. The molecular weight excluding hydrogens is 272 g/mol. The first-order valence-electron chi connectivity index (χ1n) is 7.89. The fourth-order valence-electron chi connectivity index (χ4n) is 4.44. The van der Waals surface area contributed by atoms with Crippen molar-refractivity contribution in [3.8, 4) is 0 Å². The molecule has 2 aliphatic carbocycles. The largest absolute Gasteiger partial charge is 0.481 e. The average Bonchev–Trinajstić information content (AvgIpc) is 3.08. The second-order valence-corrected chi connectivity index (χ2v) is 6.79. The van der Waals surface area contributed by atoms with Gasteiger partial charge in [-0.2, -0.15) is 0 Å². The number of hydrogen-bond acceptors (Lipinski definition) is 4. The average molecular weight is 296 g/mol. The van der Waals surface area contributed by atoms with Crippen molar-refractivity contribution in [3.05, 3.63) is 0 Å². The lowest BCUT2D eigenvalue weighted by Crippen LogP contribution is -2.55. The Labute approximate surface area is 124 Å². The number of aliphatic carboxylic acids is 1. The van der Waals surface area contributed by atoms with E-state index < -0.39 is 17.3 Å². The summed E-state index contributed by atoms with van der Waals surface area (Å²) >= 11 is 0. The van der Waals surface area contributed by atoms with Crippen LogP contribution in [0.25, 0.3) is 0 Å². The van der Waals surface area contributed by atoms with E-state index in [0.717, 1.165) is 19.3 Å². The predicted octanol–water partition coefficient (Wildman–Crippen LogP) is 0.357. The van der Waals surface area contributed by atoms with Crippen molar-refractivity contribution in [1.82, 2.24) is 5.32 Å². The lowest BCUT2D eigenvalue weighted by atomic mass is 9.78. The highest BCUT2D eigenvalue weighted by atomic mass is 16.5. The summed E-state index contributed by atoms with van der Waals surface area (Å²) in [6, 6.07) is -0.222. The van der Waals surface area contributed by atoms with Crippen molar-refractivity contribution in [3.63, 3.8) is 0 Å². The van der Waals surface area contributed by atoms with Crippen LogP contribution in [0.15, 0.2) is 0 Å². The summed E-state index contributed by atoms with van der Waals surface area (Å²) in [4.78, 5) is 24.2. The van der Waals surface area contributed by atoms with E-state index in [0.29, 0.717) is 38.5 Å². The summed E-state index contributed by atoms with van der Waals surface area (Å²) in [6.45, 7) is 1.38. The third-order valence-corrected chi connectivity index (χ3v) is 5.82. The van der Waals surface area contributed by atoms with Crippen molar-refractivity contribution in [1.29, 1.82) is 0 Å². The molecule has 1 aliphatic heterocycles. The first kappa shape index (κ1) is 14.8. The van der Waals surface area contributed by atoms with Gasteiger partial charge < -0.3 is 20.9 Å². The van der Waals surface area contributed by atoms with Gasteiger partial charge in [-0.3, -0.25) is 9.59 Å². The zero-order valence-corrected chi connectivity index (χ0v) is 12.2. The van der Waals surface area contributed by atoms with Crippen LogP contribution in [0.5, 0.6) is 0 Å². The van der Waals surface area contributed by atoms with Crippen LogP contribution in [-0.2, 0) is 14.3 Å². The molecule has 6 heteroatoms. The van der Waals surface area contributed by atoms with Crippen LogP contribution < -0.4 is 11.1 Å². The van der Waals surface area contributed by atoms with Crippen LogP contribution in [0.3, 0.4) is 0 Å². The minimum atomic E-state index is -0.777. The van der Waals surface area contributed by atoms with E-state index in [4.69, 9.17) is 10.5 Å². The maximum absolute atomic E-state index is 12.7. The highest BCUT2D eigenvalue weighted by Gasteiger charge is 2.53. The molecule has 2 bridgehead atoms. The number of ether oxygens (including phenoxy) is 1. The van der Waals surface area contributed by atoms with Crippen molar-refractivity contribution in [2.45, 2.75) is 38.1 Å². The van der Waals surface area contributed by atoms with E-state index >= 15 is 0 Å². The minimum Gasteiger partial charge on any atom is -0.481 e. The smallest absolute Gasteiger partial charge is 0.308 e. The van der Waals surface area contributed by atoms with E-state index in [9.17, 15) is 14.7 Å². The molecule has 21 heavy (non-hydrogen) atoms. The summed E-state index contributed by atoms with van der Waals surface area (Å²) in [7, 11) is 0. The monoisotopic (exact) mass is 296 g/mol. The summed E-state index contributed by atoms with van der Waals surface area (Å²) < 4.78 is 5.33. The van der Waals surface area contributed by atoms with Gasteiger partial charge in [0, 0.05) is 25.8 Å². The zero-order chi connectivity index (χ0) is 15.0. The first-order chi connectivity index (χ1) is 10.1. The van der Waals surface area contributed by atoms with Gasteiger partial charge >= 0.3 is 5.97 Å². The van der Waals surface area contributed by atoms with Gasteiger partial charge in [0.2, 0.25) is 5.91 Å². The normalized spacial score (nSPS) is 37.4. The quantitative estimate of drug-likeness (QED) is 0.695. The number of nitrogens with one attached hydrogen (secondary N) is 1. The zero-order valence-electron chi connectivity index (χ0n) is 12.2. The molecule has 3 rings (SSSR count). The highest BCUT2D eigenvalue weighted by Crippen LogP contribution is 2.49. The van der Waals surface area contributed by atoms with Gasteiger partial charge in [-0.1, -0.05) is 0 Å².